The topological polar surface area (TPSA) is 55.1 Å². The summed E-state index contributed by atoms with van der Waals surface area (Å²) in [7, 11) is 0. The molecule has 0 unspecified atom stereocenters. The van der Waals surface area contributed by atoms with Crippen molar-refractivity contribution in [1.29, 1.82) is 0 Å². The number of halogens is 2. The highest BCUT2D eigenvalue weighted by molar-refractivity contribution is 7.80. The molecule has 0 saturated heterocycles. The molecule has 3 nitrogen and oxygen atoms in total. The van der Waals surface area contributed by atoms with Crippen molar-refractivity contribution in [2.45, 2.75) is 38.1 Å². The Kier molecular flexibility index (Phi) is 4.56. The minimum Gasteiger partial charge on any atom is -0.391 e. The third-order valence-corrected chi connectivity index (χ3v) is 4.53. The van der Waals surface area contributed by atoms with Crippen molar-refractivity contribution >= 4 is 23.1 Å². The van der Waals surface area contributed by atoms with E-state index in [-0.39, 0.29) is 4.99 Å². The zero-order chi connectivity index (χ0) is 15.6. The SMILES string of the molecule is CC1CCC(NC(=O)c2c(F)cccc2F)(C(N)=S)CC1. The van der Waals surface area contributed by atoms with Crippen LogP contribution in [0.5, 0.6) is 0 Å². The summed E-state index contributed by atoms with van der Waals surface area (Å²) in [6.45, 7) is 2.11. The molecule has 0 atom stereocenters. The number of hydrogen-bond acceptors (Lipinski definition) is 2. The number of hydrogen-bond donors (Lipinski definition) is 2. The Balaban J connectivity index is 2.26. The maximum absolute atomic E-state index is 13.7. The fraction of sp³-hybridized carbons (Fsp3) is 0.467. The second-order valence-corrected chi connectivity index (χ2v) is 6.12. The van der Waals surface area contributed by atoms with Crippen molar-refractivity contribution in [2.24, 2.45) is 11.7 Å². The minimum atomic E-state index is -0.894. The fourth-order valence-electron chi connectivity index (χ4n) is 2.68. The van der Waals surface area contributed by atoms with E-state index in [1.807, 2.05) is 0 Å². The second kappa shape index (κ2) is 6.05. The standard InChI is InChI=1S/C15H18F2N2OS/c1-9-5-7-15(8-6-9,14(18)21)19-13(20)12-10(16)3-2-4-11(12)17/h2-4,9H,5-8H2,1H3,(H2,18,21)(H,19,20). The lowest BCUT2D eigenvalue weighted by Gasteiger charge is -2.39. The highest BCUT2D eigenvalue weighted by Gasteiger charge is 2.39. The minimum absolute atomic E-state index is 0.166. The van der Waals surface area contributed by atoms with Crippen LogP contribution in [-0.4, -0.2) is 16.4 Å². The van der Waals surface area contributed by atoms with Crippen molar-refractivity contribution in [1.82, 2.24) is 5.32 Å². The molecular weight excluding hydrogens is 294 g/mol. The number of thiocarbonyl (C=S) groups is 1. The van der Waals surface area contributed by atoms with Gasteiger partial charge in [0.1, 0.15) is 17.2 Å². The molecule has 21 heavy (non-hydrogen) atoms. The molecule has 0 radical (unpaired) electrons. The summed E-state index contributed by atoms with van der Waals surface area (Å²) in [5.41, 5.74) is 4.33. The quantitative estimate of drug-likeness (QED) is 0.844. The molecule has 0 aliphatic heterocycles. The Morgan fingerprint density at radius 2 is 1.86 bits per heavy atom. The number of nitrogens with two attached hydrogens (primary N) is 1. The van der Waals surface area contributed by atoms with Gasteiger partial charge < -0.3 is 11.1 Å². The normalized spacial score (nSPS) is 25.4. The lowest BCUT2D eigenvalue weighted by Crippen LogP contribution is -2.58. The number of benzene rings is 1. The second-order valence-electron chi connectivity index (χ2n) is 5.68. The molecule has 1 amide bonds. The molecule has 0 spiro atoms. The van der Waals surface area contributed by atoms with E-state index < -0.39 is 28.6 Å². The predicted octanol–water partition coefficient (Wildman–Crippen LogP) is 2.93. The van der Waals surface area contributed by atoms with Gasteiger partial charge in [-0.15, -0.1) is 0 Å². The van der Waals surface area contributed by atoms with Crippen LogP contribution in [0.4, 0.5) is 8.78 Å². The molecule has 2 rings (SSSR count). The summed E-state index contributed by atoms with van der Waals surface area (Å²) in [6, 6.07) is 3.32. The maximum Gasteiger partial charge on any atom is 0.258 e. The third-order valence-electron chi connectivity index (χ3n) is 4.14. The van der Waals surface area contributed by atoms with Gasteiger partial charge in [-0.25, -0.2) is 8.78 Å². The van der Waals surface area contributed by atoms with Crippen LogP contribution in [0, 0.1) is 17.6 Å². The molecule has 0 bridgehead atoms. The van der Waals surface area contributed by atoms with Crippen molar-refractivity contribution in [3.05, 3.63) is 35.4 Å². The van der Waals surface area contributed by atoms with Gasteiger partial charge in [-0.3, -0.25) is 4.79 Å². The van der Waals surface area contributed by atoms with Gasteiger partial charge in [0, 0.05) is 0 Å². The number of carbonyl (C=O) groups excluding carboxylic acids is 1. The Morgan fingerprint density at radius 3 is 2.33 bits per heavy atom. The van der Waals surface area contributed by atoms with Crippen LogP contribution in [0.3, 0.4) is 0 Å². The van der Waals surface area contributed by atoms with E-state index in [1.165, 1.54) is 6.07 Å². The van der Waals surface area contributed by atoms with Gasteiger partial charge in [0.25, 0.3) is 5.91 Å². The van der Waals surface area contributed by atoms with E-state index in [9.17, 15) is 13.6 Å². The largest absolute Gasteiger partial charge is 0.391 e. The Morgan fingerprint density at radius 1 is 1.33 bits per heavy atom. The highest BCUT2D eigenvalue weighted by atomic mass is 32.1. The van der Waals surface area contributed by atoms with Crippen LogP contribution < -0.4 is 11.1 Å². The van der Waals surface area contributed by atoms with Gasteiger partial charge in [0.15, 0.2) is 0 Å². The van der Waals surface area contributed by atoms with E-state index in [0.29, 0.717) is 18.8 Å². The monoisotopic (exact) mass is 312 g/mol. The van der Waals surface area contributed by atoms with Gasteiger partial charge in [0.05, 0.1) is 10.5 Å². The molecule has 3 N–H and O–H groups in total. The molecule has 1 aliphatic carbocycles. The summed E-state index contributed by atoms with van der Waals surface area (Å²) in [5, 5.41) is 2.67. The van der Waals surface area contributed by atoms with Crippen molar-refractivity contribution in [3.63, 3.8) is 0 Å². The lowest BCUT2D eigenvalue weighted by atomic mass is 9.77. The van der Waals surface area contributed by atoms with Crippen molar-refractivity contribution < 1.29 is 13.6 Å². The van der Waals surface area contributed by atoms with E-state index in [1.54, 1.807) is 0 Å². The van der Waals surface area contributed by atoms with Crippen LogP contribution in [0.25, 0.3) is 0 Å². The number of carbonyl (C=O) groups is 1. The first-order valence-corrected chi connectivity index (χ1v) is 7.33. The molecule has 1 aromatic rings. The van der Waals surface area contributed by atoms with E-state index in [4.69, 9.17) is 18.0 Å². The molecule has 0 aromatic heterocycles. The van der Waals surface area contributed by atoms with Crippen LogP contribution in [0.1, 0.15) is 43.0 Å². The summed E-state index contributed by atoms with van der Waals surface area (Å²) in [6.07, 6.45) is 2.89. The maximum atomic E-state index is 13.7. The molecule has 0 heterocycles. The Hall–Kier alpha value is -1.56. The number of nitrogens with one attached hydrogen (secondary N) is 1. The van der Waals surface area contributed by atoms with Gasteiger partial charge in [-0.1, -0.05) is 25.2 Å². The summed E-state index contributed by atoms with van der Waals surface area (Å²) >= 11 is 5.08. The van der Waals surface area contributed by atoms with Gasteiger partial charge >= 0.3 is 0 Å². The first kappa shape index (κ1) is 15.8. The van der Waals surface area contributed by atoms with Crippen molar-refractivity contribution in [3.8, 4) is 0 Å². The van der Waals surface area contributed by atoms with Crippen LogP contribution in [0.2, 0.25) is 0 Å². The van der Waals surface area contributed by atoms with Crippen LogP contribution in [-0.2, 0) is 0 Å². The van der Waals surface area contributed by atoms with E-state index in [0.717, 1.165) is 25.0 Å². The Labute approximate surface area is 127 Å². The molecular formula is C15H18F2N2OS. The van der Waals surface area contributed by atoms with Crippen molar-refractivity contribution in [2.75, 3.05) is 0 Å². The number of amides is 1. The van der Waals surface area contributed by atoms with Crippen LogP contribution in [0.15, 0.2) is 18.2 Å². The average Bonchev–Trinajstić information content (AvgIpc) is 2.41. The molecule has 1 aliphatic rings. The van der Waals surface area contributed by atoms with Gasteiger partial charge in [0.2, 0.25) is 0 Å². The predicted molar refractivity (Wildman–Crippen MR) is 81.0 cm³/mol. The molecule has 114 valence electrons. The summed E-state index contributed by atoms with van der Waals surface area (Å²) in [5.74, 6) is -2.08. The lowest BCUT2D eigenvalue weighted by molar-refractivity contribution is 0.0892. The average molecular weight is 312 g/mol. The highest BCUT2D eigenvalue weighted by Crippen LogP contribution is 2.32. The van der Waals surface area contributed by atoms with Crippen LogP contribution >= 0.6 is 12.2 Å². The summed E-state index contributed by atoms with van der Waals surface area (Å²) < 4.78 is 27.4. The summed E-state index contributed by atoms with van der Waals surface area (Å²) in [4.78, 5) is 12.4. The molecule has 1 fully saturated rings. The molecule has 6 heteroatoms. The smallest absolute Gasteiger partial charge is 0.258 e. The van der Waals surface area contributed by atoms with Gasteiger partial charge in [-0.2, -0.15) is 0 Å². The van der Waals surface area contributed by atoms with Gasteiger partial charge in [-0.05, 0) is 43.7 Å². The first-order chi connectivity index (χ1) is 9.85. The van der Waals surface area contributed by atoms with E-state index >= 15 is 0 Å². The zero-order valence-electron chi connectivity index (χ0n) is 11.8. The fourth-order valence-corrected chi connectivity index (χ4v) is 2.94. The number of rotatable bonds is 3. The molecule has 1 aromatic carbocycles. The Bertz CT molecular complexity index is 549. The molecule has 1 saturated carbocycles. The zero-order valence-corrected chi connectivity index (χ0v) is 12.6. The van der Waals surface area contributed by atoms with E-state index in [2.05, 4.69) is 12.2 Å². The first-order valence-electron chi connectivity index (χ1n) is 6.92. The third kappa shape index (κ3) is 3.20.